The fraction of sp³-hybridized carbons (Fsp3) is 0.357. The average molecular weight is 510 g/mol. The Morgan fingerprint density at radius 3 is 2.53 bits per heavy atom. The Balaban J connectivity index is 1.24. The molecule has 0 spiro atoms. The van der Waals surface area contributed by atoms with Crippen molar-refractivity contribution in [3.63, 3.8) is 0 Å². The normalized spacial score (nSPS) is 20.3. The van der Waals surface area contributed by atoms with Crippen LogP contribution in [0, 0.1) is 11.6 Å². The van der Waals surface area contributed by atoms with Crippen LogP contribution in [0.15, 0.2) is 60.0 Å². The smallest absolute Gasteiger partial charge is 0.236 e. The molecular formula is C28H29F2N3O2S. The van der Waals surface area contributed by atoms with Gasteiger partial charge in [-0.05, 0) is 65.7 Å². The first kappa shape index (κ1) is 24.6. The van der Waals surface area contributed by atoms with E-state index < -0.39 is 0 Å². The average Bonchev–Trinajstić information content (AvgIpc) is 3.34. The molecule has 1 saturated heterocycles. The highest BCUT2D eigenvalue weighted by molar-refractivity contribution is 7.10. The van der Waals surface area contributed by atoms with Gasteiger partial charge in [0.15, 0.2) is 0 Å². The van der Waals surface area contributed by atoms with Crippen molar-refractivity contribution in [3.8, 4) is 0 Å². The molecule has 2 amide bonds. The highest BCUT2D eigenvalue weighted by atomic mass is 32.1. The molecule has 2 atom stereocenters. The van der Waals surface area contributed by atoms with Gasteiger partial charge in [-0.1, -0.05) is 24.3 Å². The molecule has 5 nitrogen and oxygen atoms in total. The number of piperazine rings is 1. The van der Waals surface area contributed by atoms with Gasteiger partial charge in [0.1, 0.15) is 11.6 Å². The van der Waals surface area contributed by atoms with Crippen molar-refractivity contribution in [1.82, 2.24) is 14.7 Å². The van der Waals surface area contributed by atoms with Crippen LogP contribution in [-0.4, -0.2) is 65.3 Å². The lowest BCUT2D eigenvalue weighted by Gasteiger charge is -2.42. The van der Waals surface area contributed by atoms with Crippen LogP contribution in [0.25, 0.3) is 0 Å². The summed E-state index contributed by atoms with van der Waals surface area (Å²) >= 11 is 1.71. The van der Waals surface area contributed by atoms with Crippen LogP contribution in [0.4, 0.5) is 8.78 Å². The molecule has 3 heterocycles. The van der Waals surface area contributed by atoms with Gasteiger partial charge in [-0.2, -0.15) is 0 Å². The van der Waals surface area contributed by atoms with Gasteiger partial charge < -0.3 is 9.80 Å². The Morgan fingerprint density at radius 1 is 0.972 bits per heavy atom. The number of fused-ring (bicyclic) bond motifs is 1. The molecule has 0 radical (unpaired) electrons. The van der Waals surface area contributed by atoms with E-state index in [0.717, 1.165) is 29.7 Å². The topological polar surface area (TPSA) is 43.9 Å². The summed E-state index contributed by atoms with van der Waals surface area (Å²) in [6, 6.07) is 14.4. The summed E-state index contributed by atoms with van der Waals surface area (Å²) in [5, 5.41) is 2.06. The fourth-order valence-corrected chi connectivity index (χ4v) is 6.22. The Kier molecular flexibility index (Phi) is 7.16. The minimum Gasteiger partial charge on any atom is -0.338 e. The number of amides is 2. The van der Waals surface area contributed by atoms with Gasteiger partial charge in [0, 0.05) is 37.1 Å². The van der Waals surface area contributed by atoms with E-state index in [1.807, 2.05) is 17.9 Å². The summed E-state index contributed by atoms with van der Waals surface area (Å²) < 4.78 is 27.2. The van der Waals surface area contributed by atoms with Crippen molar-refractivity contribution in [2.24, 2.45) is 0 Å². The predicted molar refractivity (Wildman–Crippen MR) is 136 cm³/mol. The molecule has 0 N–H and O–H groups in total. The Hall–Kier alpha value is -3.10. The molecule has 2 aromatic carbocycles. The number of hydrogen-bond acceptors (Lipinski definition) is 4. The van der Waals surface area contributed by atoms with Gasteiger partial charge >= 0.3 is 0 Å². The van der Waals surface area contributed by atoms with Crippen molar-refractivity contribution in [3.05, 3.63) is 93.2 Å². The molecule has 3 aromatic rings. The number of hydrogen-bond donors (Lipinski definition) is 0. The van der Waals surface area contributed by atoms with E-state index in [2.05, 4.69) is 16.3 Å². The molecule has 5 rings (SSSR count). The standard InChI is InChI=1S/C28H29F2N3O2S/c1-19-17-31(12-13-33(19)26(34)15-20-5-7-22(29)8-6-20)27(35)18-32-11-9-25-24(10-14-36-25)28(32)21-3-2-4-23(30)16-21/h2-8,10,14,16,19,28H,9,11-13,15,17-18H2,1H3. The van der Waals surface area contributed by atoms with Crippen molar-refractivity contribution in [1.29, 1.82) is 0 Å². The first-order valence-corrected chi connectivity index (χ1v) is 13.1. The summed E-state index contributed by atoms with van der Waals surface area (Å²) in [7, 11) is 0. The van der Waals surface area contributed by atoms with E-state index in [9.17, 15) is 18.4 Å². The number of carbonyl (C=O) groups excluding carboxylic acids is 2. The summed E-state index contributed by atoms with van der Waals surface area (Å²) in [4.78, 5) is 33.3. The largest absolute Gasteiger partial charge is 0.338 e. The maximum Gasteiger partial charge on any atom is 0.236 e. The molecule has 0 aliphatic carbocycles. The van der Waals surface area contributed by atoms with E-state index >= 15 is 0 Å². The van der Waals surface area contributed by atoms with Crippen molar-refractivity contribution in [2.45, 2.75) is 31.8 Å². The Bertz CT molecular complexity index is 1250. The lowest BCUT2D eigenvalue weighted by Crippen LogP contribution is -2.57. The van der Waals surface area contributed by atoms with Gasteiger partial charge in [-0.15, -0.1) is 11.3 Å². The molecule has 8 heteroatoms. The second-order valence-electron chi connectivity index (χ2n) is 9.56. The number of nitrogens with zero attached hydrogens (tertiary/aromatic N) is 3. The third-order valence-corrected chi connectivity index (χ3v) is 8.13. The highest BCUT2D eigenvalue weighted by Crippen LogP contribution is 2.37. The Morgan fingerprint density at radius 2 is 1.78 bits per heavy atom. The number of carbonyl (C=O) groups is 2. The molecule has 2 unspecified atom stereocenters. The quantitative estimate of drug-likeness (QED) is 0.516. The predicted octanol–water partition coefficient (Wildman–Crippen LogP) is 4.28. The zero-order chi connectivity index (χ0) is 25.2. The van der Waals surface area contributed by atoms with E-state index in [0.29, 0.717) is 19.6 Å². The molecule has 1 fully saturated rings. The summed E-state index contributed by atoms with van der Waals surface area (Å²) in [5.41, 5.74) is 2.77. The molecule has 0 saturated carbocycles. The zero-order valence-corrected chi connectivity index (χ0v) is 21.0. The fourth-order valence-electron chi connectivity index (χ4n) is 5.31. The minimum atomic E-state index is -0.324. The zero-order valence-electron chi connectivity index (χ0n) is 20.2. The minimum absolute atomic E-state index is 0.0200. The molecular weight excluding hydrogens is 480 g/mol. The van der Waals surface area contributed by atoms with Crippen LogP contribution >= 0.6 is 11.3 Å². The summed E-state index contributed by atoms with van der Waals surface area (Å²) in [5.74, 6) is -0.604. The monoisotopic (exact) mass is 509 g/mol. The maximum atomic E-state index is 14.1. The molecule has 0 bridgehead atoms. The van der Waals surface area contributed by atoms with Crippen LogP contribution in [-0.2, 0) is 22.4 Å². The van der Waals surface area contributed by atoms with Crippen LogP contribution in [0.5, 0.6) is 0 Å². The van der Waals surface area contributed by atoms with Gasteiger partial charge in [0.05, 0.1) is 19.0 Å². The first-order chi connectivity index (χ1) is 17.4. The number of benzene rings is 2. The van der Waals surface area contributed by atoms with Gasteiger partial charge in [0.25, 0.3) is 0 Å². The van der Waals surface area contributed by atoms with Crippen LogP contribution in [0.3, 0.4) is 0 Å². The number of rotatable bonds is 5. The van der Waals surface area contributed by atoms with Crippen molar-refractivity contribution >= 4 is 23.2 Å². The van der Waals surface area contributed by atoms with E-state index in [-0.39, 0.29) is 48.5 Å². The molecule has 2 aliphatic heterocycles. The molecule has 2 aliphatic rings. The van der Waals surface area contributed by atoms with E-state index in [1.54, 1.807) is 40.5 Å². The Labute approximate surface area is 213 Å². The second kappa shape index (κ2) is 10.5. The van der Waals surface area contributed by atoms with Crippen molar-refractivity contribution in [2.75, 3.05) is 32.7 Å². The summed E-state index contributed by atoms with van der Waals surface area (Å²) in [6.45, 7) is 4.33. The highest BCUT2D eigenvalue weighted by Gasteiger charge is 2.34. The first-order valence-electron chi connectivity index (χ1n) is 12.3. The van der Waals surface area contributed by atoms with E-state index in [4.69, 9.17) is 0 Å². The summed E-state index contributed by atoms with van der Waals surface area (Å²) in [6.07, 6.45) is 1.08. The van der Waals surface area contributed by atoms with Crippen LogP contribution < -0.4 is 0 Å². The van der Waals surface area contributed by atoms with Crippen LogP contribution in [0.2, 0.25) is 0 Å². The molecule has 36 heavy (non-hydrogen) atoms. The lowest BCUT2D eigenvalue weighted by molar-refractivity contribution is -0.143. The number of halogens is 2. The second-order valence-corrected chi connectivity index (χ2v) is 10.6. The maximum absolute atomic E-state index is 14.1. The van der Waals surface area contributed by atoms with Gasteiger partial charge in [0.2, 0.25) is 11.8 Å². The van der Waals surface area contributed by atoms with Crippen molar-refractivity contribution < 1.29 is 18.4 Å². The molecule has 188 valence electrons. The third kappa shape index (κ3) is 5.20. The van der Waals surface area contributed by atoms with E-state index in [1.165, 1.54) is 23.1 Å². The molecule has 1 aromatic heterocycles. The van der Waals surface area contributed by atoms with Gasteiger partial charge in [-0.25, -0.2) is 8.78 Å². The SMILES string of the molecule is CC1CN(C(=O)CN2CCc3sccc3C2c2cccc(F)c2)CCN1C(=O)Cc1ccc(F)cc1. The third-order valence-electron chi connectivity index (χ3n) is 7.14. The van der Waals surface area contributed by atoms with Gasteiger partial charge in [-0.3, -0.25) is 14.5 Å². The van der Waals surface area contributed by atoms with Crippen LogP contribution in [0.1, 0.15) is 34.5 Å². The number of thiophene rings is 1. The lowest BCUT2D eigenvalue weighted by atomic mass is 9.93.